The van der Waals surface area contributed by atoms with E-state index in [4.69, 9.17) is 16.3 Å². The van der Waals surface area contributed by atoms with Crippen molar-refractivity contribution in [3.8, 4) is 5.75 Å². The molecule has 0 aliphatic carbocycles. The number of carbonyl (C=O) groups is 3. The molecule has 0 bridgehead atoms. The molecule has 2 aromatic carbocycles. The molecule has 3 aliphatic heterocycles. The highest BCUT2D eigenvalue weighted by Crippen LogP contribution is 2.37. The lowest BCUT2D eigenvalue weighted by atomic mass is 9.88. The number of aromatic nitrogens is 1. The van der Waals surface area contributed by atoms with Crippen molar-refractivity contribution in [3.63, 3.8) is 0 Å². The van der Waals surface area contributed by atoms with Crippen LogP contribution < -0.4 is 20.9 Å². The summed E-state index contributed by atoms with van der Waals surface area (Å²) in [6.45, 7) is 2.02. The SMILES string of the molecule is CN1C[C@@H](Nc2ccn(C)c(=O)c2Cl)C[C@@H](c2ccc(COc3ccc4c(c3)C(=O)N(C3CCC(=O)NC3=O)C4O)cc2)C1. The van der Waals surface area contributed by atoms with Crippen LogP contribution in [0.15, 0.2) is 59.5 Å². The van der Waals surface area contributed by atoms with Gasteiger partial charge in [0.15, 0.2) is 6.23 Å². The van der Waals surface area contributed by atoms with Gasteiger partial charge in [-0.15, -0.1) is 0 Å². The van der Waals surface area contributed by atoms with Crippen molar-refractivity contribution < 1.29 is 24.2 Å². The highest BCUT2D eigenvalue weighted by atomic mass is 35.5. The van der Waals surface area contributed by atoms with Gasteiger partial charge in [-0.2, -0.15) is 0 Å². The molecular formula is C32H34ClN5O6. The minimum Gasteiger partial charge on any atom is -0.489 e. The molecule has 12 heteroatoms. The average Bonchev–Trinajstić information content (AvgIpc) is 3.25. The van der Waals surface area contributed by atoms with Crippen LogP contribution in [0.2, 0.25) is 5.02 Å². The zero-order valence-electron chi connectivity index (χ0n) is 24.5. The summed E-state index contributed by atoms with van der Waals surface area (Å²) >= 11 is 6.31. The van der Waals surface area contributed by atoms with Crippen LogP contribution in [0.5, 0.6) is 5.75 Å². The first-order chi connectivity index (χ1) is 21.1. The van der Waals surface area contributed by atoms with Crippen LogP contribution >= 0.6 is 11.6 Å². The van der Waals surface area contributed by atoms with Crippen molar-refractivity contribution in [2.75, 3.05) is 25.5 Å². The summed E-state index contributed by atoms with van der Waals surface area (Å²) in [7, 11) is 3.76. The van der Waals surface area contributed by atoms with E-state index in [1.165, 1.54) is 10.1 Å². The molecule has 6 rings (SSSR count). The molecule has 0 saturated carbocycles. The Hall–Kier alpha value is -4.19. The number of pyridine rings is 1. The summed E-state index contributed by atoms with van der Waals surface area (Å²) in [6.07, 6.45) is 1.60. The molecule has 3 amide bonds. The lowest BCUT2D eigenvalue weighted by Crippen LogP contribution is -2.53. The summed E-state index contributed by atoms with van der Waals surface area (Å²) < 4.78 is 7.46. The normalized spacial score (nSPS) is 23.8. The number of fused-ring (bicyclic) bond motifs is 1. The molecular weight excluding hydrogens is 586 g/mol. The number of piperidine rings is 2. The molecule has 3 N–H and O–H groups in total. The van der Waals surface area contributed by atoms with Crippen LogP contribution in [0.4, 0.5) is 5.69 Å². The van der Waals surface area contributed by atoms with E-state index in [0.717, 1.165) is 30.0 Å². The summed E-state index contributed by atoms with van der Waals surface area (Å²) in [5.74, 6) is -0.688. The van der Waals surface area contributed by atoms with Crippen molar-refractivity contribution in [1.29, 1.82) is 0 Å². The Morgan fingerprint density at radius 2 is 1.82 bits per heavy atom. The molecule has 3 aliphatic rings. The number of likely N-dealkylation sites (tertiary alicyclic amines) is 1. The molecule has 44 heavy (non-hydrogen) atoms. The van der Waals surface area contributed by atoms with Gasteiger partial charge in [0.2, 0.25) is 11.8 Å². The first kappa shape index (κ1) is 29.9. The Bertz CT molecular complexity index is 1670. The minimum absolute atomic E-state index is 0.107. The molecule has 11 nitrogen and oxygen atoms in total. The topological polar surface area (TPSA) is 133 Å². The zero-order chi connectivity index (χ0) is 31.1. The number of aryl methyl sites for hydroxylation is 1. The van der Waals surface area contributed by atoms with Gasteiger partial charge in [-0.3, -0.25) is 29.4 Å². The van der Waals surface area contributed by atoms with Crippen molar-refractivity contribution in [3.05, 3.63) is 92.4 Å². The standard InChI is InChI=1S/C32H34ClN5O6/c1-36-15-20(13-21(16-36)34-25-11-12-37(2)32(43)28(25)33)19-5-3-18(4-6-19)17-44-22-7-8-23-24(14-22)31(42)38(30(23)41)26-9-10-27(39)35-29(26)40/h3-8,11-12,14,20-21,26,30,34,41H,9-10,13,15-17H2,1-2H3,(H,35,39,40)/t20-,21+,26?,30?/m1/s1. The Morgan fingerprint density at radius 1 is 1.05 bits per heavy atom. The molecule has 0 spiro atoms. The predicted molar refractivity (Wildman–Crippen MR) is 163 cm³/mol. The summed E-state index contributed by atoms with van der Waals surface area (Å²) in [5, 5.41) is 16.7. The second-order valence-corrected chi connectivity index (χ2v) is 12.2. The maximum absolute atomic E-state index is 13.2. The van der Waals surface area contributed by atoms with Gasteiger partial charge in [-0.25, -0.2) is 0 Å². The van der Waals surface area contributed by atoms with Gasteiger partial charge in [0, 0.05) is 44.4 Å². The minimum atomic E-state index is -1.27. The van der Waals surface area contributed by atoms with Crippen molar-refractivity contribution in [2.45, 2.75) is 50.1 Å². The number of aliphatic hydroxyl groups excluding tert-OH is 1. The molecule has 230 valence electrons. The molecule has 3 aromatic rings. The van der Waals surface area contributed by atoms with Crippen LogP contribution in [0.1, 0.15) is 58.5 Å². The van der Waals surface area contributed by atoms with Gasteiger partial charge in [0.1, 0.15) is 23.4 Å². The quantitative estimate of drug-likeness (QED) is 0.344. The van der Waals surface area contributed by atoms with Gasteiger partial charge >= 0.3 is 0 Å². The smallest absolute Gasteiger partial charge is 0.271 e. The number of carbonyl (C=O) groups excluding carboxylic acids is 3. The van der Waals surface area contributed by atoms with E-state index >= 15 is 0 Å². The fourth-order valence-corrected chi connectivity index (χ4v) is 6.59. The third kappa shape index (κ3) is 5.82. The highest BCUT2D eigenvalue weighted by molar-refractivity contribution is 6.33. The number of benzene rings is 2. The van der Waals surface area contributed by atoms with E-state index in [1.54, 1.807) is 31.4 Å². The Morgan fingerprint density at radius 3 is 2.57 bits per heavy atom. The molecule has 0 radical (unpaired) electrons. The number of hydrogen-bond donors (Lipinski definition) is 3. The predicted octanol–water partition coefficient (Wildman–Crippen LogP) is 2.77. The van der Waals surface area contributed by atoms with Gasteiger partial charge in [0.25, 0.3) is 11.5 Å². The zero-order valence-corrected chi connectivity index (χ0v) is 25.2. The van der Waals surface area contributed by atoms with Crippen molar-refractivity contribution in [1.82, 2.24) is 19.7 Å². The number of imide groups is 1. The van der Waals surface area contributed by atoms with Crippen LogP contribution in [0, 0.1) is 0 Å². The highest BCUT2D eigenvalue weighted by Gasteiger charge is 2.44. The maximum atomic E-state index is 13.2. The summed E-state index contributed by atoms with van der Waals surface area (Å²) in [6, 6.07) is 14.2. The molecule has 4 atom stereocenters. The van der Waals surface area contributed by atoms with E-state index in [0.29, 0.717) is 17.0 Å². The third-order valence-corrected chi connectivity index (χ3v) is 9.00. The van der Waals surface area contributed by atoms with Gasteiger partial charge < -0.3 is 24.6 Å². The third-order valence-electron chi connectivity index (χ3n) is 8.64. The fourth-order valence-electron chi connectivity index (χ4n) is 6.34. The Balaban J connectivity index is 1.08. The van der Waals surface area contributed by atoms with E-state index in [9.17, 15) is 24.3 Å². The number of nitrogens with zero attached hydrogens (tertiary/aromatic N) is 3. The van der Waals surface area contributed by atoms with E-state index in [2.05, 4.69) is 34.7 Å². The Labute approximate surface area is 259 Å². The summed E-state index contributed by atoms with van der Waals surface area (Å²) in [5.41, 5.74) is 3.25. The number of likely N-dealkylation sites (N-methyl/N-ethyl adjacent to an activating group) is 1. The first-order valence-corrected chi connectivity index (χ1v) is 15.0. The average molecular weight is 620 g/mol. The van der Waals surface area contributed by atoms with E-state index in [1.807, 2.05) is 18.2 Å². The number of aliphatic hydroxyl groups is 1. The molecule has 2 unspecified atom stereocenters. The largest absolute Gasteiger partial charge is 0.489 e. The fraction of sp³-hybridized carbons (Fsp3) is 0.375. The second kappa shape index (κ2) is 12.1. The Kier molecular flexibility index (Phi) is 8.19. The molecule has 2 fully saturated rings. The number of anilines is 1. The number of hydrogen-bond acceptors (Lipinski definition) is 8. The number of halogens is 1. The number of rotatable bonds is 7. The first-order valence-electron chi connectivity index (χ1n) is 14.6. The van der Waals surface area contributed by atoms with Crippen LogP contribution in [-0.2, 0) is 23.2 Å². The van der Waals surface area contributed by atoms with Crippen LogP contribution in [0.3, 0.4) is 0 Å². The van der Waals surface area contributed by atoms with E-state index in [-0.39, 0.29) is 53.5 Å². The molecule has 4 heterocycles. The van der Waals surface area contributed by atoms with Crippen LogP contribution in [0.25, 0.3) is 0 Å². The number of nitrogens with one attached hydrogen (secondary N) is 2. The lowest BCUT2D eigenvalue weighted by Gasteiger charge is -2.37. The second-order valence-electron chi connectivity index (χ2n) is 11.8. The summed E-state index contributed by atoms with van der Waals surface area (Å²) in [4.78, 5) is 52.7. The van der Waals surface area contributed by atoms with Crippen LogP contribution in [-0.4, -0.2) is 69.4 Å². The van der Waals surface area contributed by atoms with Gasteiger partial charge in [-0.05, 0) is 55.1 Å². The number of amides is 3. The van der Waals surface area contributed by atoms with E-state index < -0.39 is 24.1 Å². The van der Waals surface area contributed by atoms with Crippen molar-refractivity contribution >= 4 is 35.0 Å². The van der Waals surface area contributed by atoms with Crippen molar-refractivity contribution in [2.24, 2.45) is 7.05 Å². The molecule has 2 saturated heterocycles. The monoisotopic (exact) mass is 619 g/mol. The maximum Gasteiger partial charge on any atom is 0.271 e. The number of ether oxygens (including phenoxy) is 1. The lowest BCUT2D eigenvalue weighted by molar-refractivity contribution is -0.139. The van der Waals surface area contributed by atoms with Gasteiger partial charge in [0.05, 0.1) is 11.3 Å². The molecule has 1 aromatic heterocycles. The van der Waals surface area contributed by atoms with Gasteiger partial charge in [-0.1, -0.05) is 41.9 Å².